The van der Waals surface area contributed by atoms with E-state index in [1.807, 2.05) is 31.2 Å². The van der Waals surface area contributed by atoms with E-state index in [0.717, 1.165) is 49.7 Å². The first kappa shape index (κ1) is 23.2. The Bertz CT molecular complexity index is 658. The lowest BCUT2D eigenvalue weighted by Crippen LogP contribution is -2.46. The van der Waals surface area contributed by atoms with E-state index >= 15 is 0 Å². The van der Waals surface area contributed by atoms with E-state index in [0.29, 0.717) is 6.54 Å². The molecule has 2 N–H and O–H groups in total. The van der Waals surface area contributed by atoms with Crippen molar-refractivity contribution in [2.45, 2.75) is 33.2 Å². The van der Waals surface area contributed by atoms with Gasteiger partial charge in [-0.1, -0.05) is 12.1 Å². The average Bonchev–Trinajstić information content (AvgIpc) is 2.64. The minimum absolute atomic E-state index is 0. The number of hydrogen-bond acceptors (Lipinski definition) is 4. The highest BCUT2D eigenvalue weighted by atomic mass is 127. The van der Waals surface area contributed by atoms with Crippen LogP contribution in [0.5, 0.6) is 0 Å². The Kier molecular flexibility index (Phi) is 10.1. The van der Waals surface area contributed by atoms with E-state index in [9.17, 15) is 9.59 Å². The van der Waals surface area contributed by atoms with E-state index in [1.165, 1.54) is 14.0 Å². The van der Waals surface area contributed by atoms with Gasteiger partial charge >= 0.3 is 5.97 Å². The molecule has 150 valence electrons. The second-order valence-corrected chi connectivity index (χ2v) is 6.34. The zero-order valence-electron chi connectivity index (χ0n) is 16.2. The SMILES string of the molecule is CCNC(=NCc1cccc(NC(C)=O)c1)N1CCC(C(=O)OC)CC1.I. The summed E-state index contributed by atoms with van der Waals surface area (Å²) in [5.74, 6) is 0.614. The van der Waals surface area contributed by atoms with Gasteiger partial charge in [-0.05, 0) is 37.5 Å². The van der Waals surface area contributed by atoms with Gasteiger partial charge in [-0.25, -0.2) is 4.99 Å². The smallest absolute Gasteiger partial charge is 0.308 e. The average molecular weight is 488 g/mol. The highest BCUT2D eigenvalue weighted by Crippen LogP contribution is 2.19. The van der Waals surface area contributed by atoms with Crippen molar-refractivity contribution in [2.24, 2.45) is 10.9 Å². The summed E-state index contributed by atoms with van der Waals surface area (Å²) in [5, 5.41) is 6.10. The molecule has 7 nitrogen and oxygen atoms in total. The third-order valence-electron chi connectivity index (χ3n) is 4.32. The number of amides is 1. The van der Waals surface area contributed by atoms with Crippen molar-refractivity contribution in [1.29, 1.82) is 0 Å². The topological polar surface area (TPSA) is 83.0 Å². The number of carbonyl (C=O) groups excluding carboxylic acids is 2. The van der Waals surface area contributed by atoms with Gasteiger partial charge < -0.3 is 20.3 Å². The van der Waals surface area contributed by atoms with Crippen LogP contribution in [0.1, 0.15) is 32.3 Å². The molecule has 0 aromatic heterocycles. The van der Waals surface area contributed by atoms with Crippen LogP contribution >= 0.6 is 24.0 Å². The molecule has 1 aromatic carbocycles. The molecule has 1 amide bonds. The molecule has 0 bridgehead atoms. The summed E-state index contributed by atoms with van der Waals surface area (Å²) in [4.78, 5) is 29.8. The van der Waals surface area contributed by atoms with Gasteiger partial charge in [0.2, 0.25) is 5.91 Å². The van der Waals surface area contributed by atoms with Crippen molar-refractivity contribution < 1.29 is 14.3 Å². The Morgan fingerprint density at radius 2 is 2.00 bits per heavy atom. The maximum absolute atomic E-state index is 11.7. The Morgan fingerprint density at radius 1 is 1.30 bits per heavy atom. The molecule has 1 saturated heterocycles. The van der Waals surface area contributed by atoms with E-state index in [-0.39, 0.29) is 41.8 Å². The summed E-state index contributed by atoms with van der Waals surface area (Å²) in [6.45, 7) is 6.38. The Labute approximate surface area is 178 Å². The largest absolute Gasteiger partial charge is 0.469 e. The first-order valence-corrected chi connectivity index (χ1v) is 9.01. The molecule has 1 fully saturated rings. The molecular formula is C19H29IN4O3. The number of benzene rings is 1. The molecule has 1 aliphatic heterocycles. The number of piperidine rings is 1. The molecule has 2 rings (SSSR count). The standard InChI is InChI=1S/C19H28N4O3.HI/c1-4-20-19(23-10-8-16(9-11-23)18(25)26-3)21-13-15-6-5-7-17(12-15)22-14(2)24;/h5-7,12,16H,4,8-11,13H2,1-3H3,(H,20,21)(H,22,24);1H. The maximum atomic E-state index is 11.7. The molecule has 0 aliphatic carbocycles. The van der Waals surface area contributed by atoms with Crippen LogP contribution in [-0.4, -0.2) is 49.5 Å². The number of esters is 1. The van der Waals surface area contributed by atoms with Gasteiger partial charge in [0, 0.05) is 32.2 Å². The van der Waals surface area contributed by atoms with Gasteiger partial charge in [0.15, 0.2) is 5.96 Å². The van der Waals surface area contributed by atoms with Crippen LogP contribution in [-0.2, 0) is 20.9 Å². The predicted molar refractivity (Wildman–Crippen MR) is 117 cm³/mol. The van der Waals surface area contributed by atoms with E-state index in [1.54, 1.807) is 0 Å². The van der Waals surface area contributed by atoms with Crippen molar-refractivity contribution in [1.82, 2.24) is 10.2 Å². The van der Waals surface area contributed by atoms with Crippen LogP contribution in [0.25, 0.3) is 0 Å². The van der Waals surface area contributed by atoms with Crippen molar-refractivity contribution >= 4 is 47.5 Å². The number of carbonyl (C=O) groups is 2. The molecule has 0 saturated carbocycles. The van der Waals surface area contributed by atoms with Crippen LogP contribution in [0.2, 0.25) is 0 Å². The van der Waals surface area contributed by atoms with Gasteiger partial charge in [-0.15, -0.1) is 24.0 Å². The molecule has 1 aromatic rings. The number of guanidine groups is 1. The zero-order chi connectivity index (χ0) is 18.9. The predicted octanol–water partition coefficient (Wildman–Crippen LogP) is 2.61. The fourth-order valence-corrected chi connectivity index (χ4v) is 3.04. The molecule has 0 unspecified atom stereocenters. The first-order valence-electron chi connectivity index (χ1n) is 9.01. The van der Waals surface area contributed by atoms with Crippen molar-refractivity contribution in [3.8, 4) is 0 Å². The lowest BCUT2D eigenvalue weighted by molar-refractivity contribution is -0.146. The quantitative estimate of drug-likeness (QED) is 0.288. The van der Waals surface area contributed by atoms with Gasteiger partial charge in [0.1, 0.15) is 0 Å². The number of aliphatic imine (C=N–C) groups is 1. The van der Waals surface area contributed by atoms with Gasteiger partial charge in [-0.3, -0.25) is 9.59 Å². The summed E-state index contributed by atoms with van der Waals surface area (Å²) in [6.07, 6.45) is 1.55. The van der Waals surface area contributed by atoms with E-state index in [4.69, 9.17) is 9.73 Å². The maximum Gasteiger partial charge on any atom is 0.308 e. The van der Waals surface area contributed by atoms with Gasteiger partial charge in [-0.2, -0.15) is 0 Å². The van der Waals surface area contributed by atoms with E-state index < -0.39 is 0 Å². The first-order chi connectivity index (χ1) is 12.5. The molecule has 27 heavy (non-hydrogen) atoms. The highest BCUT2D eigenvalue weighted by Gasteiger charge is 2.26. The third kappa shape index (κ3) is 7.36. The number of hydrogen-bond donors (Lipinski definition) is 2. The minimum Gasteiger partial charge on any atom is -0.469 e. The molecular weight excluding hydrogens is 459 g/mol. The van der Waals surface area contributed by atoms with Crippen LogP contribution in [0.3, 0.4) is 0 Å². The summed E-state index contributed by atoms with van der Waals surface area (Å²) in [6, 6.07) is 7.68. The lowest BCUT2D eigenvalue weighted by Gasteiger charge is -2.33. The minimum atomic E-state index is -0.124. The number of rotatable bonds is 5. The lowest BCUT2D eigenvalue weighted by atomic mass is 9.97. The zero-order valence-corrected chi connectivity index (χ0v) is 18.5. The molecule has 0 atom stereocenters. The third-order valence-corrected chi connectivity index (χ3v) is 4.32. The molecule has 8 heteroatoms. The highest BCUT2D eigenvalue weighted by molar-refractivity contribution is 14.0. The summed E-state index contributed by atoms with van der Waals surface area (Å²) < 4.78 is 4.84. The van der Waals surface area contributed by atoms with Crippen LogP contribution in [0.4, 0.5) is 5.69 Å². The normalized spacial score (nSPS) is 14.9. The van der Waals surface area contributed by atoms with Gasteiger partial charge in [0.25, 0.3) is 0 Å². The molecule has 1 aliphatic rings. The molecule has 0 spiro atoms. The molecule has 1 heterocycles. The van der Waals surface area contributed by atoms with Crippen LogP contribution < -0.4 is 10.6 Å². The summed E-state index contributed by atoms with van der Waals surface area (Å²) >= 11 is 0. The van der Waals surface area contributed by atoms with Crippen molar-refractivity contribution in [2.75, 3.05) is 32.1 Å². The number of halogens is 1. The van der Waals surface area contributed by atoms with Crippen molar-refractivity contribution in [3.05, 3.63) is 29.8 Å². The summed E-state index contributed by atoms with van der Waals surface area (Å²) in [7, 11) is 1.44. The van der Waals surface area contributed by atoms with Crippen molar-refractivity contribution in [3.63, 3.8) is 0 Å². The number of ether oxygens (including phenoxy) is 1. The number of anilines is 1. The van der Waals surface area contributed by atoms with E-state index in [2.05, 4.69) is 15.5 Å². The number of likely N-dealkylation sites (tertiary alicyclic amines) is 1. The van der Waals surface area contributed by atoms with Crippen LogP contribution in [0.15, 0.2) is 29.3 Å². The summed E-state index contributed by atoms with van der Waals surface area (Å²) in [5.41, 5.74) is 1.80. The Balaban J connectivity index is 0.00000364. The fourth-order valence-electron chi connectivity index (χ4n) is 3.04. The fraction of sp³-hybridized carbons (Fsp3) is 0.526. The second kappa shape index (κ2) is 11.8. The number of nitrogens with zero attached hydrogens (tertiary/aromatic N) is 2. The Morgan fingerprint density at radius 3 is 2.59 bits per heavy atom. The Hall–Kier alpha value is -1.84. The molecule has 0 radical (unpaired) electrons. The number of nitrogens with one attached hydrogen (secondary N) is 2. The van der Waals surface area contributed by atoms with Crippen LogP contribution in [0, 0.1) is 5.92 Å². The second-order valence-electron chi connectivity index (χ2n) is 6.34. The monoisotopic (exact) mass is 488 g/mol. The van der Waals surface area contributed by atoms with Gasteiger partial charge in [0.05, 0.1) is 19.6 Å². The number of methoxy groups -OCH3 is 1.